The normalized spacial score (nSPS) is 15.6. The van der Waals surface area contributed by atoms with Crippen molar-refractivity contribution in [2.45, 2.75) is 31.7 Å². The summed E-state index contributed by atoms with van der Waals surface area (Å²) in [5.41, 5.74) is 4.88. The van der Waals surface area contributed by atoms with E-state index in [1.165, 1.54) is 27.6 Å². The van der Waals surface area contributed by atoms with Gasteiger partial charge in [-0.1, -0.05) is 67.6 Å². The molecule has 0 unspecified atom stereocenters. The van der Waals surface area contributed by atoms with Crippen LogP contribution in [-0.4, -0.2) is 48.8 Å². The van der Waals surface area contributed by atoms with Gasteiger partial charge in [-0.2, -0.15) is 0 Å². The van der Waals surface area contributed by atoms with Gasteiger partial charge in [0.05, 0.1) is 20.3 Å². The van der Waals surface area contributed by atoms with Gasteiger partial charge in [0, 0.05) is 49.1 Å². The summed E-state index contributed by atoms with van der Waals surface area (Å²) >= 11 is 0. The highest BCUT2D eigenvalue weighted by molar-refractivity contribution is 5.86. The van der Waals surface area contributed by atoms with Crippen molar-refractivity contribution >= 4 is 16.8 Å². The van der Waals surface area contributed by atoms with Gasteiger partial charge in [0.25, 0.3) is 0 Å². The summed E-state index contributed by atoms with van der Waals surface area (Å²) in [6.07, 6.45) is 2.75. The molecule has 0 radical (unpaired) electrons. The summed E-state index contributed by atoms with van der Waals surface area (Å²) in [6, 6.07) is 27.3. The van der Waals surface area contributed by atoms with E-state index >= 15 is 0 Å². The van der Waals surface area contributed by atoms with E-state index in [4.69, 9.17) is 9.47 Å². The van der Waals surface area contributed by atoms with Crippen molar-refractivity contribution in [3.8, 4) is 5.75 Å². The fraction of sp³-hybridized carbons (Fsp3) is 0.323. The Morgan fingerprint density at radius 1 is 0.944 bits per heavy atom. The van der Waals surface area contributed by atoms with Crippen molar-refractivity contribution in [2.75, 3.05) is 33.4 Å². The fourth-order valence-electron chi connectivity index (χ4n) is 5.30. The molecule has 0 N–H and O–H groups in total. The first-order chi connectivity index (χ1) is 17.6. The van der Waals surface area contributed by atoms with Gasteiger partial charge in [0.2, 0.25) is 5.91 Å². The lowest BCUT2D eigenvalue weighted by Crippen LogP contribution is -2.41. The van der Waals surface area contributed by atoms with Crippen LogP contribution in [0.2, 0.25) is 0 Å². The zero-order valence-electron chi connectivity index (χ0n) is 21.1. The van der Waals surface area contributed by atoms with Gasteiger partial charge < -0.3 is 18.9 Å². The van der Waals surface area contributed by atoms with Gasteiger partial charge >= 0.3 is 0 Å². The number of rotatable bonds is 8. The number of carbonyl (C=O) groups is 1. The van der Waals surface area contributed by atoms with Crippen molar-refractivity contribution in [1.29, 1.82) is 0 Å². The molecule has 0 saturated carbocycles. The average Bonchev–Trinajstić information content (AvgIpc) is 3.30. The van der Waals surface area contributed by atoms with E-state index < -0.39 is 0 Å². The first-order valence-corrected chi connectivity index (χ1v) is 12.7. The van der Waals surface area contributed by atoms with Crippen molar-refractivity contribution in [3.63, 3.8) is 0 Å². The number of aromatic nitrogens is 1. The lowest BCUT2D eigenvalue weighted by atomic mass is 9.80. The number of amides is 1. The lowest BCUT2D eigenvalue weighted by molar-refractivity contribution is -0.135. The first kappa shape index (κ1) is 24.1. The van der Waals surface area contributed by atoms with Gasteiger partial charge in [-0.3, -0.25) is 4.79 Å². The Morgan fingerprint density at radius 2 is 1.64 bits per heavy atom. The average molecular weight is 483 g/mol. The lowest BCUT2D eigenvalue weighted by Gasteiger charge is -2.30. The van der Waals surface area contributed by atoms with E-state index in [0.29, 0.717) is 32.7 Å². The number of carbonyl (C=O) groups excluding carboxylic acids is 1. The van der Waals surface area contributed by atoms with Crippen LogP contribution in [-0.2, 0) is 16.1 Å². The minimum Gasteiger partial charge on any atom is -0.497 e. The van der Waals surface area contributed by atoms with E-state index in [1.54, 1.807) is 7.11 Å². The van der Waals surface area contributed by atoms with Crippen molar-refractivity contribution < 1.29 is 14.3 Å². The Balaban J connectivity index is 1.53. The van der Waals surface area contributed by atoms with Crippen LogP contribution in [0.1, 0.15) is 41.9 Å². The smallest absolute Gasteiger partial charge is 0.223 e. The van der Waals surface area contributed by atoms with Crippen LogP contribution >= 0.6 is 0 Å². The van der Waals surface area contributed by atoms with E-state index in [2.05, 4.69) is 78.4 Å². The standard InChI is InChI=1S/C31H34N2O3/c1-23(25-8-4-3-5-9-25)28(20-31(34)32-16-18-36-19-17-32)29-22-33(30-11-7-6-10-27(29)30)21-24-12-14-26(35-2)15-13-24/h3-15,22-23,28H,16-21H2,1-2H3/t23-,28+/m0/s1. The first-order valence-electron chi connectivity index (χ1n) is 12.7. The number of hydrogen-bond acceptors (Lipinski definition) is 3. The fourth-order valence-corrected chi connectivity index (χ4v) is 5.30. The van der Waals surface area contributed by atoms with Crippen molar-refractivity contribution in [1.82, 2.24) is 9.47 Å². The topological polar surface area (TPSA) is 43.7 Å². The summed E-state index contributed by atoms with van der Waals surface area (Å²) in [5, 5.41) is 1.22. The molecule has 5 nitrogen and oxygen atoms in total. The minimum atomic E-state index is 0.0600. The summed E-state index contributed by atoms with van der Waals surface area (Å²) in [5.74, 6) is 1.31. The molecule has 0 aliphatic carbocycles. The Labute approximate surface area is 213 Å². The van der Waals surface area contributed by atoms with Crippen LogP contribution in [0.15, 0.2) is 85.1 Å². The number of hydrogen-bond donors (Lipinski definition) is 0. The highest BCUT2D eigenvalue weighted by atomic mass is 16.5. The molecule has 3 aromatic carbocycles. The number of ether oxygens (including phenoxy) is 2. The van der Waals surface area contributed by atoms with E-state index in [1.807, 2.05) is 23.1 Å². The number of methoxy groups -OCH3 is 1. The SMILES string of the molecule is COc1ccc(Cn2cc([C@H](CC(=O)N3CCOCC3)[C@@H](C)c3ccccc3)c3ccccc32)cc1. The molecule has 1 amide bonds. The van der Waals surface area contributed by atoms with Crippen LogP contribution in [0.25, 0.3) is 10.9 Å². The molecule has 36 heavy (non-hydrogen) atoms. The Morgan fingerprint density at radius 3 is 2.36 bits per heavy atom. The van der Waals surface area contributed by atoms with Gasteiger partial charge in [0.1, 0.15) is 5.75 Å². The Hall–Kier alpha value is -3.57. The van der Waals surface area contributed by atoms with Crippen LogP contribution in [0.3, 0.4) is 0 Å². The third-order valence-corrected chi connectivity index (χ3v) is 7.42. The van der Waals surface area contributed by atoms with Gasteiger partial charge in [-0.15, -0.1) is 0 Å². The molecule has 0 bridgehead atoms. The van der Waals surface area contributed by atoms with Crippen LogP contribution < -0.4 is 4.74 Å². The summed E-state index contributed by atoms with van der Waals surface area (Å²) in [7, 11) is 1.69. The van der Waals surface area contributed by atoms with Gasteiger partial charge in [-0.25, -0.2) is 0 Å². The number of nitrogens with zero attached hydrogens (tertiary/aromatic N) is 2. The summed E-state index contributed by atoms with van der Waals surface area (Å²) in [4.78, 5) is 15.4. The monoisotopic (exact) mass is 482 g/mol. The summed E-state index contributed by atoms with van der Waals surface area (Å²) in [6.45, 7) is 5.59. The minimum absolute atomic E-state index is 0.0600. The molecule has 2 atom stereocenters. The predicted octanol–water partition coefficient (Wildman–Crippen LogP) is 5.83. The molecule has 1 aromatic heterocycles. The Kier molecular flexibility index (Phi) is 7.38. The quantitative estimate of drug-likeness (QED) is 0.317. The van der Waals surface area contributed by atoms with Crippen LogP contribution in [0, 0.1) is 0 Å². The zero-order valence-corrected chi connectivity index (χ0v) is 21.1. The molecule has 186 valence electrons. The van der Waals surface area contributed by atoms with E-state index in [9.17, 15) is 4.79 Å². The number of para-hydroxylation sites is 1. The largest absolute Gasteiger partial charge is 0.497 e. The third kappa shape index (κ3) is 5.17. The third-order valence-electron chi connectivity index (χ3n) is 7.42. The van der Waals surface area contributed by atoms with Gasteiger partial charge in [-0.05, 0) is 40.8 Å². The maximum Gasteiger partial charge on any atom is 0.223 e. The van der Waals surface area contributed by atoms with Crippen molar-refractivity contribution in [3.05, 3.63) is 102 Å². The molecular weight excluding hydrogens is 448 g/mol. The number of fused-ring (bicyclic) bond motifs is 1. The molecule has 5 rings (SSSR count). The molecule has 1 saturated heterocycles. The number of morpholine rings is 1. The second kappa shape index (κ2) is 11.0. The van der Waals surface area contributed by atoms with Crippen LogP contribution in [0.5, 0.6) is 5.75 Å². The maximum absolute atomic E-state index is 13.5. The molecule has 4 aromatic rings. The van der Waals surface area contributed by atoms with Crippen molar-refractivity contribution in [2.24, 2.45) is 0 Å². The molecular formula is C31H34N2O3. The number of benzene rings is 3. The van der Waals surface area contributed by atoms with Gasteiger partial charge in [0.15, 0.2) is 0 Å². The zero-order chi connectivity index (χ0) is 24.9. The molecule has 5 heteroatoms. The van der Waals surface area contributed by atoms with Crippen LogP contribution in [0.4, 0.5) is 0 Å². The molecule has 2 heterocycles. The van der Waals surface area contributed by atoms with E-state index in [-0.39, 0.29) is 17.7 Å². The maximum atomic E-state index is 13.5. The summed E-state index contributed by atoms with van der Waals surface area (Å²) < 4.78 is 13.1. The highest BCUT2D eigenvalue weighted by Crippen LogP contribution is 2.40. The second-order valence-electron chi connectivity index (χ2n) is 9.58. The molecule has 0 spiro atoms. The van der Waals surface area contributed by atoms with E-state index in [0.717, 1.165) is 12.3 Å². The molecule has 1 aliphatic heterocycles. The highest BCUT2D eigenvalue weighted by Gasteiger charge is 2.29. The second-order valence-corrected chi connectivity index (χ2v) is 9.58. The Bertz CT molecular complexity index is 1290. The molecule has 1 fully saturated rings. The molecule has 1 aliphatic rings. The predicted molar refractivity (Wildman–Crippen MR) is 144 cm³/mol.